The lowest BCUT2D eigenvalue weighted by atomic mass is 9.95. The van der Waals surface area contributed by atoms with Crippen LogP contribution in [0, 0.1) is 18.8 Å². The Morgan fingerprint density at radius 2 is 1.89 bits per heavy atom. The largest absolute Gasteiger partial charge is 0.396 e. The summed E-state index contributed by atoms with van der Waals surface area (Å²) in [5, 5.41) is 11.0. The molecule has 0 spiro atoms. The molecule has 1 amide bonds. The first kappa shape index (κ1) is 18.5. The average molecular weight is 370 g/mol. The molecule has 5 nitrogen and oxygen atoms in total. The second-order valence-electron chi connectivity index (χ2n) is 8.31. The third-order valence-corrected chi connectivity index (χ3v) is 6.46. The van der Waals surface area contributed by atoms with Gasteiger partial charge < -0.3 is 19.9 Å². The number of likely N-dealkylation sites (tertiary alicyclic amines) is 2. The molecule has 0 unspecified atom stereocenters. The first-order valence-electron chi connectivity index (χ1n) is 10.3. The van der Waals surface area contributed by atoms with E-state index in [0.717, 1.165) is 48.3 Å². The number of aromatic amines is 1. The van der Waals surface area contributed by atoms with Gasteiger partial charge in [0.2, 0.25) is 5.91 Å². The Hall–Kier alpha value is -1.85. The smallest absolute Gasteiger partial charge is 0.227 e. The summed E-state index contributed by atoms with van der Waals surface area (Å²) in [5.41, 5.74) is 3.28. The summed E-state index contributed by atoms with van der Waals surface area (Å²) >= 11 is 0. The van der Waals surface area contributed by atoms with E-state index >= 15 is 0 Å². The molecule has 0 bridgehead atoms. The minimum absolute atomic E-state index is 0.175. The summed E-state index contributed by atoms with van der Waals surface area (Å²) in [6, 6.07) is 8.18. The van der Waals surface area contributed by atoms with Gasteiger partial charge in [-0.25, -0.2) is 0 Å². The van der Waals surface area contributed by atoms with Gasteiger partial charge in [0.15, 0.2) is 0 Å². The average Bonchev–Trinajstić information content (AvgIpc) is 3.23. The molecule has 2 saturated heterocycles. The molecule has 2 aromatic rings. The Bertz CT molecular complexity index is 794. The standard InChI is InChI=1S/C22H31N3O2/c1-16-20(19-7-3-4-8-21(19)23-16)11-22(27)25-13-17(18(14-25)15-26)12-24-9-5-2-6-10-24/h3-4,7-8,17-18,23,26H,2,5-6,9-15H2,1H3/t17-,18-/m1/s1. The summed E-state index contributed by atoms with van der Waals surface area (Å²) < 4.78 is 0. The zero-order valence-corrected chi connectivity index (χ0v) is 16.3. The predicted octanol–water partition coefficient (Wildman–Crippen LogP) is 2.57. The number of aliphatic hydroxyl groups is 1. The predicted molar refractivity (Wildman–Crippen MR) is 108 cm³/mol. The number of piperidine rings is 1. The molecule has 4 rings (SSSR count). The molecule has 1 aromatic heterocycles. The Kier molecular flexibility index (Phi) is 5.50. The van der Waals surface area contributed by atoms with Crippen LogP contribution >= 0.6 is 0 Å². The molecular weight excluding hydrogens is 338 g/mol. The van der Waals surface area contributed by atoms with Crippen molar-refractivity contribution in [3.8, 4) is 0 Å². The van der Waals surface area contributed by atoms with E-state index in [4.69, 9.17) is 0 Å². The molecule has 27 heavy (non-hydrogen) atoms. The van der Waals surface area contributed by atoms with E-state index in [2.05, 4.69) is 22.0 Å². The van der Waals surface area contributed by atoms with Crippen LogP contribution in [0.5, 0.6) is 0 Å². The highest BCUT2D eigenvalue weighted by Crippen LogP contribution is 2.28. The third kappa shape index (κ3) is 3.90. The number of carbonyl (C=O) groups is 1. The van der Waals surface area contributed by atoms with Crippen molar-refractivity contribution in [3.05, 3.63) is 35.5 Å². The van der Waals surface area contributed by atoms with E-state index in [-0.39, 0.29) is 18.4 Å². The van der Waals surface area contributed by atoms with Gasteiger partial charge in [-0.2, -0.15) is 0 Å². The summed E-state index contributed by atoms with van der Waals surface area (Å²) in [4.78, 5) is 20.9. The summed E-state index contributed by atoms with van der Waals surface area (Å²) in [6.45, 7) is 7.03. The maximum Gasteiger partial charge on any atom is 0.227 e. The Labute approximate surface area is 161 Å². The molecule has 3 heterocycles. The molecule has 2 aliphatic heterocycles. The quantitative estimate of drug-likeness (QED) is 0.852. The SMILES string of the molecule is Cc1[nH]c2ccccc2c1CC(=O)N1C[C@@H](CN2CCCCC2)[C@@H](CO)C1. The van der Waals surface area contributed by atoms with Crippen molar-refractivity contribution in [1.82, 2.24) is 14.8 Å². The lowest BCUT2D eigenvalue weighted by Crippen LogP contribution is -2.37. The van der Waals surface area contributed by atoms with E-state index in [1.54, 1.807) is 0 Å². The fourth-order valence-corrected chi connectivity index (χ4v) is 4.86. The van der Waals surface area contributed by atoms with Gasteiger partial charge in [0, 0.05) is 48.8 Å². The van der Waals surface area contributed by atoms with Crippen LogP contribution < -0.4 is 0 Å². The molecule has 0 aliphatic carbocycles. The van der Waals surface area contributed by atoms with Crippen molar-refractivity contribution in [2.75, 3.05) is 39.3 Å². The molecule has 0 radical (unpaired) electrons. The lowest BCUT2D eigenvalue weighted by molar-refractivity contribution is -0.129. The van der Waals surface area contributed by atoms with E-state index in [1.807, 2.05) is 24.0 Å². The van der Waals surface area contributed by atoms with Gasteiger partial charge in [-0.3, -0.25) is 4.79 Å². The number of amides is 1. The van der Waals surface area contributed by atoms with E-state index < -0.39 is 0 Å². The highest BCUT2D eigenvalue weighted by Gasteiger charge is 2.36. The van der Waals surface area contributed by atoms with Crippen molar-refractivity contribution in [3.63, 3.8) is 0 Å². The van der Waals surface area contributed by atoms with Gasteiger partial charge in [-0.15, -0.1) is 0 Å². The molecule has 0 saturated carbocycles. The summed E-state index contributed by atoms with van der Waals surface area (Å²) in [7, 11) is 0. The van der Waals surface area contributed by atoms with Crippen LogP contribution in [0.4, 0.5) is 0 Å². The van der Waals surface area contributed by atoms with Gasteiger partial charge >= 0.3 is 0 Å². The van der Waals surface area contributed by atoms with Crippen molar-refractivity contribution in [2.45, 2.75) is 32.6 Å². The number of benzene rings is 1. The summed E-state index contributed by atoms with van der Waals surface area (Å²) in [6.07, 6.45) is 4.32. The number of para-hydroxylation sites is 1. The Morgan fingerprint density at radius 3 is 2.67 bits per heavy atom. The van der Waals surface area contributed by atoms with Gasteiger partial charge in [-0.1, -0.05) is 24.6 Å². The van der Waals surface area contributed by atoms with E-state index in [0.29, 0.717) is 18.9 Å². The molecule has 2 atom stereocenters. The molecule has 2 fully saturated rings. The second kappa shape index (κ2) is 8.03. The topological polar surface area (TPSA) is 59.6 Å². The number of H-pyrrole nitrogens is 1. The molecule has 146 valence electrons. The number of aromatic nitrogens is 1. The monoisotopic (exact) mass is 369 g/mol. The van der Waals surface area contributed by atoms with Crippen LogP contribution in [-0.2, 0) is 11.2 Å². The normalized spacial score (nSPS) is 24.0. The van der Waals surface area contributed by atoms with Gasteiger partial charge in [0.25, 0.3) is 0 Å². The van der Waals surface area contributed by atoms with E-state index in [1.165, 1.54) is 19.3 Å². The fraction of sp³-hybridized carbons (Fsp3) is 0.591. The van der Waals surface area contributed by atoms with Crippen molar-refractivity contribution < 1.29 is 9.90 Å². The number of fused-ring (bicyclic) bond motifs is 1. The number of nitrogens with zero attached hydrogens (tertiary/aromatic N) is 2. The van der Waals surface area contributed by atoms with Gasteiger partial charge in [-0.05, 0) is 50.4 Å². The van der Waals surface area contributed by atoms with E-state index in [9.17, 15) is 9.90 Å². The molecule has 2 aliphatic rings. The van der Waals surface area contributed by atoms with Crippen molar-refractivity contribution in [1.29, 1.82) is 0 Å². The minimum atomic E-state index is 0.175. The van der Waals surface area contributed by atoms with Crippen LogP contribution in [0.25, 0.3) is 10.9 Å². The van der Waals surface area contributed by atoms with Crippen LogP contribution in [-0.4, -0.2) is 65.1 Å². The fourth-order valence-electron chi connectivity index (χ4n) is 4.86. The third-order valence-electron chi connectivity index (χ3n) is 6.46. The van der Waals surface area contributed by atoms with Crippen LogP contribution in [0.15, 0.2) is 24.3 Å². The Balaban J connectivity index is 1.43. The molecule has 1 aromatic carbocycles. The van der Waals surface area contributed by atoms with Crippen molar-refractivity contribution in [2.24, 2.45) is 11.8 Å². The van der Waals surface area contributed by atoms with Crippen LogP contribution in [0.3, 0.4) is 0 Å². The number of aryl methyl sites for hydroxylation is 1. The number of aliphatic hydroxyl groups excluding tert-OH is 1. The highest BCUT2D eigenvalue weighted by atomic mass is 16.3. The maximum atomic E-state index is 13.0. The number of nitrogens with one attached hydrogen (secondary N) is 1. The molecule has 5 heteroatoms. The number of hydrogen-bond donors (Lipinski definition) is 2. The first-order chi connectivity index (χ1) is 13.2. The number of carbonyl (C=O) groups excluding carboxylic acids is 1. The summed E-state index contributed by atoms with van der Waals surface area (Å²) in [5.74, 6) is 0.781. The van der Waals surface area contributed by atoms with Gasteiger partial charge in [0.05, 0.1) is 6.42 Å². The zero-order valence-electron chi connectivity index (χ0n) is 16.3. The van der Waals surface area contributed by atoms with Crippen molar-refractivity contribution >= 4 is 16.8 Å². The highest BCUT2D eigenvalue weighted by molar-refractivity contribution is 5.90. The van der Waals surface area contributed by atoms with Crippen LogP contribution in [0.2, 0.25) is 0 Å². The second-order valence-corrected chi connectivity index (χ2v) is 8.31. The maximum absolute atomic E-state index is 13.0. The lowest BCUT2D eigenvalue weighted by Gasteiger charge is -2.30. The molecule has 2 N–H and O–H groups in total. The van der Waals surface area contributed by atoms with Gasteiger partial charge in [0.1, 0.15) is 0 Å². The van der Waals surface area contributed by atoms with Crippen LogP contribution in [0.1, 0.15) is 30.5 Å². The minimum Gasteiger partial charge on any atom is -0.396 e. The number of rotatable bonds is 5. The number of hydrogen-bond acceptors (Lipinski definition) is 3. The Morgan fingerprint density at radius 1 is 1.15 bits per heavy atom. The zero-order chi connectivity index (χ0) is 18.8. The molecular formula is C22H31N3O2. The first-order valence-corrected chi connectivity index (χ1v) is 10.3.